The van der Waals surface area contributed by atoms with Crippen LogP contribution in [0.4, 0.5) is 0 Å². The number of thioether (sulfide) groups is 1. The smallest absolute Gasteiger partial charge is 0.190 e. The molecule has 3 N–H and O–H groups in total. The third-order valence-electron chi connectivity index (χ3n) is 3.34. The number of hydrogen-bond donors (Lipinski definition) is 2. The predicted molar refractivity (Wildman–Crippen MR) is 101 cm³/mol. The number of aryl methyl sites for hydroxylation is 1. The van der Waals surface area contributed by atoms with Crippen LogP contribution in [0.2, 0.25) is 0 Å². The lowest BCUT2D eigenvalue weighted by molar-refractivity contribution is 0.145. The maximum absolute atomic E-state index is 5.85. The van der Waals surface area contributed by atoms with Crippen molar-refractivity contribution in [3.8, 4) is 0 Å². The summed E-state index contributed by atoms with van der Waals surface area (Å²) in [6.07, 6.45) is 4.74. The van der Waals surface area contributed by atoms with Gasteiger partial charge >= 0.3 is 0 Å². The van der Waals surface area contributed by atoms with Gasteiger partial charge in [0.05, 0.1) is 0 Å². The molecule has 0 atom stereocenters. The molecule has 0 unspecified atom stereocenters. The molecule has 1 aromatic heterocycles. The second kappa shape index (κ2) is 12.1. The minimum absolute atomic E-state index is 0.500. The fourth-order valence-electron chi connectivity index (χ4n) is 2.23. The monoisotopic (exact) mass is 356 g/mol. The van der Waals surface area contributed by atoms with Crippen LogP contribution in [0.3, 0.4) is 0 Å². The Labute approximate surface area is 149 Å². The van der Waals surface area contributed by atoms with Crippen LogP contribution in [-0.4, -0.2) is 53.3 Å². The minimum Gasteiger partial charge on any atom is -0.382 e. The molecule has 7 nitrogen and oxygen atoms in total. The van der Waals surface area contributed by atoms with E-state index in [1.54, 1.807) is 11.8 Å². The quantitative estimate of drug-likeness (QED) is 0.257. The largest absolute Gasteiger partial charge is 0.382 e. The molecular formula is C16H32N6OS. The lowest BCUT2D eigenvalue weighted by atomic mass is 10.2. The van der Waals surface area contributed by atoms with E-state index >= 15 is 0 Å². The lowest BCUT2D eigenvalue weighted by Crippen LogP contribution is -2.33. The van der Waals surface area contributed by atoms with Gasteiger partial charge in [0.25, 0.3) is 0 Å². The van der Waals surface area contributed by atoms with Gasteiger partial charge in [-0.05, 0) is 31.9 Å². The Hall–Kier alpha value is -1.28. The Morgan fingerprint density at radius 1 is 1.38 bits per heavy atom. The van der Waals surface area contributed by atoms with Crippen molar-refractivity contribution in [3.63, 3.8) is 0 Å². The molecular weight excluding hydrogens is 324 g/mol. The van der Waals surface area contributed by atoms with E-state index in [-0.39, 0.29) is 0 Å². The number of guanidine groups is 1. The van der Waals surface area contributed by atoms with E-state index in [4.69, 9.17) is 10.5 Å². The predicted octanol–water partition coefficient (Wildman–Crippen LogP) is 1.92. The average Bonchev–Trinajstić information content (AvgIpc) is 2.92. The van der Waals surface area contributed by atoms with E-state index in [1.807, 2.05) is 13.2 Å². The van der Waals surface area contributed by atoms with Crippen LogP contribution < -0.4 is 11.1 Å². The molecule has 0 saturated heterocycles. The van der Waals surface area contributed by atoms with Crippen LogP contribution in [0.15, 0.2) is 10.1 Å². The summed E-state index contributed by atoms with van der Waals surface area (Å²) in [6, 6.07) is 0. The van der Waals surface area contributed by atoms with Crippen LogP contribution in [0.1, 0.15) is 39.4 Å². The summed E-state index contributed by atoms with van der Waals surface area (Å²) < 4.78 is 7.49. The van der Waals surface area contributed by atoms with Gasteiger partial charge in [-0.2, -0.15) is 0 Å². The lowest BCUT2D eigenvalue weighted by Gasteiger charge is -2.11. The number of nitrogens with zero attached hydrogens (tertiary/aromatic N) is 4. The minimum atomic E-state index is 0.500. The topological polar surface area (TPSA) is 90.3 Å². The van der Waals surface area contributed by atoms with E-state index < -0.39 is 0 Å². The summed E-state index contributed by atoms with van der Waals surface area (Å²) in [4.78, 5) is 4.35. The number of nitrogens with two attached hydrogens (primary N) is 1. The van der Waals surface area contributed by atoms with Gasteiger partial charge in [0, 0.05) is 39.3 Å². The van der Waals surface area contributed by atoms with Crippen molar-refractivity contribution in [3.05, 3.63) is 5.82 Å². The zero-order valence-corrected chi connectivity index (χ0v) is 16.2. The first-order chi connectivity index (χ1) is 11.6. The first-order valence-corrected chi connectivity index (χ1v) is 9.88. The molecule has 0 aliphatic carbocycles. The van der Waals surface area contributed by atoms with Crippen LogP contribution in [0.5, 0.6) is 0 Å². The molecule has 1 heterocycles. The van der Waals surface area contributed by atoms with Crippen molar-refractivity contribution in [2.24, 2.45) is 16.6 Å². The SMILES string of the molecule is CCOCCCNC(N)=NCCCc1nnc(SC)n1CC(C)C. The van der Waals surface area contributed by atoms with Gasteiger partial charge in [-0.1, -0.05) is 25.6 Å². The van der Waals surface area contributed by atoms with E-state index in [0.717, 1.165) is 56.5 Å². The Balaban J connectivity index is 2.34. The molecule has 24 heavy (non-hydrogen) atoms. The number of hydrogen-bond acceptors (Lipinski definition) is 5. The van der Waals surface area contributed by atoms with Gasteiger partial charge in [0.15, 0.2) is 11.1 Å². The molecule has 0 amide bonds. The first kappa shape index (κ1) is 20.8. The van der Waals surface area contributed by atoms with E-state index in [1.165, 1.54) is 0 Å². The second-order valence-corrected chi connectivity index (χ2v) is 6.73. The first-order valence-electron chi connectivity index (χ1n) is 8.66. The standard InChI is InChI=1S/C16H32N6OS/c1-5-23-11-7-10-19-15(17)18-9-6-8-14-20-21-16(24-4)22(14)12-13(2)3/h13H,5-12H2,1-4H3,(H3,17,18,19). The highest BCUT2D eigenvalue weighted by Gasteiger charge is 2.12. The van der Waals surface area contributed by atoms with E-state index in [9.17, 15) is 0 Å². The molecule has 1 rings (SSSR count). The van der Waals surface area contributed by atoms with Crippen LogP contribution in [0.25, 0.3) is 0 Å². The Kier molecular flexibility index (Phi) is 10.5. The third-order valence-corrected chi connectivity index (χ3v) is 4.01. The van der Waals surface area contributed by atoms with Crippen molar-refractivity contribution in [1.29, 1.82) is 0 Å². The third kappa shape index (κ3) is 8.01. The van der Waals surface area contributed by atoms with Crippen molar-refractivity contribution in [2.75, 3.05) is 32.6 Å². The summed E-state index contributed by atoms with van der Waals surface area (Å²) in [5.74, 6) is 2.10. The van der Waals surface area contributed by atoms with Crippen molar-refractivity contribution < 1.29 is 4.74 Å². The summed E-state index contributed by atoms with van der Waals surface area (Å²) in [7, 11) is 0. The van der Waals surface area contributed by atoms with E-state index in [0.29, 0.717) is 18.4 Å². The maximum atomic E-state index is 5.85. The number of aromatic nitrogens is 3. The van der Waals surface area contributed by atoms with Gasteiger partial charge in [0.2, 0.25) is 0 Å². The Morgan fingerprint density at radius 2 is 2.17 bits per heavy atom. The highest BCUT2D eigenvalue weighted by Crippen LogP contribution is 2.16. The maximum Gasteiger partial charge on any atom is 0.190 e. The fraction of sp³-hybridized carbons (Fsp3) is 0.812. The molecule has 0 radical (unpaired) electrons. The van der Waals surface area contributed by atoms with Crippen LogP contribution >= 0.6 is 11.8 Å². The highest BCUT2D eigenvalue weighted by molar-refractivity contribution is 7.98. The van der Waals surface area contributed by atoms with Gasteiger partial charge in [-0.15, -0.1) is 10.2 Å². The zero-order valence-electron chi connectivity index (χ0n) is 15.4. The molecule has 0 fully saturated rings. The van der Waals surface area contributed by atoms with E-state index in [2.05, 4.69) is 38.9 Å². The molecule has 8 heteroatoms. The Morgan fingerprint density at radius 3 is 2.83 bits per heavy atom. The summed E-state index contributed by atoms with van der Waals surface area (Å²) in [6.45, 7) is 10.3. The summed E-state index contributed by atoms with van der Waals surface area (Å²) in [5.41, 5.74) is 5.85. The number of aliphatic imine (C=N–C) groups is 1. The van der Waals surface area contributed by atoms with Gasteiger partial charge in [-0.25, -0.2) is 0 Å². The van der Waals surface area contributed by atoms with Crippen molar-refractivity contribution in [2.45, 2.75) is 51.7 Å². The van der Waals surface area contributed by atoms with Crippen LogP contribution in [0, 0.1) is 5.92 Å². The normalized spacial score (nSPS) is 12.1. The molecule has 0 spiro atoms. The van der Waals surface area contributed by atoms with Crippen molar-refractivity contribution >= 4 is 17.7 Å². The van der Waals surface area contributed by atoms with Gasteiger partial charge < -0.3 is 20.4 Å². The molecule has 0 bridgehead atoms. The van der Waals surface area contributed by atoms with Crippen molar-refractivity contribution in [1.82, 2.24) is 20.1 Å². The number of rotatable bonds is 12. The second-order valence-electron chi connectivity index (χ2n) is 5.96. The molecule has 0 aromatic carbocycles. The summed E-state index contributed by atoms with van der Waals surface area (Å²) >= 11 is 1.64. The van der Waals surface area contributed by atoms with Gasteiger partial charge in [0.1, 0.15) is 5.82 Å². The molecule has 0 aliphatic rings. The number of ether oxygens (including phenoxy) is 1. The number of nitrogens with one attached hydrogen (secondary N) is 1. The summed E-state index contributed by atoms with van der Waals surface area (Å²) in [5, 5.41) is 12.7. The fourth-order valence-corrected chi connectivity index (χ4v) is 2.75. The zero-order chi connectivity index (χ0) is 17.8. The van der Waals surface area contributed by atoms with Crippen LogP contribution in [-0.2, 0) is 17.7 Å². The average molecular weight is 357 g/mol. The Bertz CT molecular complexity index is 489. The molecule has 138 valence electrons. The molecule has 1 aromatic rings. The highest BCUT2D eigenvalue weighted by atomic mass is 32.2. The molecule has 0 aliphatic heterocycles. The van der Waals surface area contributed by atoms with Gasteiger partial charge in [-0.3, -0.25) is 4.99 Å². The molecule has 0 saturated carbocycles.